The van der Waals surface area contributed by atoms with E-state index in [-0.39, 0.29) is 0 Å². The van der Waals surface area contributed by atoms with E-state index < -0.39 is 0 Å². The molecule has 0 saturated carbocycles. The van der Waals surface area contributed by atoms with E-state index in [0.29, 0.717) is 0 Å². The van der Waals surface area contributed by atoms with Crippen LogP contribution in [0.15, 0.2) is 249 Å². The van der Waals surface area contributed by atoms with Gasteiger partial charge in [0.05, 0.1) is 0 Å². The summed E-state index contributed by atoms with van der Waals surface area (Å²) < 4.78 is 0. The van der Waals surface area contributed by atoms with Crippen LogP contribution in [0.2, 0.25) is 0 Å². The van der Waals surface area contributed by atoms with E-state index in [1.165, 1.54) is 88.0 Å². The van der Waals surface area contributed by atoms with Crippen molar-refractivity contribution < 1.29 is 0 Å². The zero-order valence-electron chi connectivity index (χ0n) is 33.6. The van der Waals surface area contributed by atoms with Gasteiger partial charge in [0.15, 0.2) is 0 Å². The van der Waals surface area contributed by atoms with Gasteiger partial charge in [-0.05, 0) is 143 Å². The second kappa shape index (κ2) is 15.6. The minimum atomic E-state index is 1.09. The van der Waals surface area contributed by atoms with Crippen molar-refractivity contribution >= 4 is 49.4 Å². The third-order valence-corrected chi connectivity index (χ3v) is 12.0. The molecule has 0 N–H and O–H groups in total. The summed E-state index contributed by atoms with van der Waals surface area (Å²) in [5, 5.41) is 7.59. The zero-order chi connectivity index (χ0) is 40.5. The standard InChI is InChI=1S/C60H41N/c1-2-12-42(13-3-1)47-17-8-18-48(38-47)43-28-33-54(34-29-43)61(55-35-30-44(31-36-55)51-32-37-60-53(40-51)27-26-46-15-5-7-24-58(46)60)56-22-10-20-50(41-56)49-19-9-21-52(39-49)59-25-11-16-45-14-4-6-23-57(45)59/h1-41H. The van der Waals surface area contributed by atoms with Gasteiger partial charge in [-0.3, -0.25) is 0 Å². The Labute approximate surface area is 357 Å². The van der Waals surface area contributed by atoms with Crippen LogP contribution in [0.5, 0.6) is 0 Å². The molecular weight excluding hydrogens is 735 g/mol. The van der Waals surface area contributed by atoms with Crippen LogP contribution < -0.4 is 4.90 Å². The molecule has 11 aromatic carbocycles. The Morgan fingerprint density at radius 2 is 0.623 bits per heavy atom. The van der Waals surface area contributed by atoms with Crippen molar-refractivity contribution in [1.29, 1.82) is 0 Å². The smallest absolute Gasteiger partial charge is 0.0467 e. The highest BCUT2D eigenvalue weighted by atomic mass is 15.1. The fourth-order valence-electron chi connectivity index (χ4n) is 8.92. The number of hydrogen-bond acceptors (Lipinski definition) is 1. The van der Waals surface area contributed by atoms with Gasteiger partial charge in [0.2, 0.25) is 0 Å². The predicted octanol–water partition coefficient (Wildman–Crippen LogP) is 17.0. The molecular formula is C60H41N. The van der Waals surface area contributed by atoms with E-state index in [9.17, 15) is 0 Å². The second-order valence-corrected chi connectivity index (χ2v) is 15.8. The lowest BCUT2D eigenvalue weighted by atomic mass is 9.95. The number of fused-ring (bicyclic) bond motifs is 4. The number of nitrogens with zero attached hydrogens (tertiary/aromatic N) is 1. The Balaban J connectivity index is 0.975. The van der Waals surface area contributed by atoms with Crippen molar-refractivity contribution in [3.8, 4) is 55.6 Å². The highest BCUT2D eigenvalue weighted by Crippen LogP contribution is 2.40. The molecule has 0 atom stereocenters. The third-order valence-electron chi connectivity index (χ3n) is 12.0. The van der Waals surface area contributed by atoms with Gasteiger partial charge in [-0.2, -0.15) is 0 Å². The maximum Gasteiger partial charge on any atom is 0.0467 e. The Hall–Kier alpha value is -8.00. The first-order valence-electron chi connectivity index (χ1n) is 21.0. The summed E-state index contributed by atoms with van der Waals surface area (Å²) >= 11 is 0. The lowest BCUT2D eigenvalue weighted by Crippen LogP contribution is -2.10. The Morgan fingerprint density at radius 1 is 0.197 bits per heavy atom. The minimum absolute atomic E-state index is 1.09. The van der Waals surface area contributed by atoms with Gasteiger partial charge in [0.1, 0.15) is 0 Å². The zero-order valence-corrected chi connectivity index (χ0v) is 33.6. The summed E-state index contributed by atoms with van der Waals surface area (Å²) in [6, 6.07) is 90.4. The van der Waals surface area contributed by atoms with Crippen LogP contribution in [-0.4, -0.2) is 0 Å². The van der Waals surface area contributed by atoms with Crippen molar-refractivity contribution in [2.45, 2.75) is 0 Å². The number of benzene rings is 11. The quantitative estimate of drug-likeness (QED) is 0.139. The summed E-state index contributed by atoms with van der Waals surface area (Å²) in [7, 11) is 0. The minimum Gasteiger partial charge on any atom is -0.310 e. The lowest BCUT2D eigenvalue weighted by molar-refractivity contribution is 1.28. The van der Waals surface area contributed by atoms with E-state index in [0.717, 1.165) is 17.1 Å². The number of rotatable bonds is 8. The van der Waals surface area contributed by atoms with Crippen LogP contribution in [-0.2, 0) is 0 Å². The number of anilines is 3. The van der Waals surface area contributed by atoms with Gasteiger partial charge >= 0.3 is 0 Å². The lowest BCUT2D eigenvalue weighted by Gasteiger charge is -2.26. The molecule has 0 aromatic heterocycles. The van der Waals surface area contributed by atoms with E-state index in [1.54, 1.807) is 0 Å². The van der Waals surface area contributed by atoms with Crippen molar-refractivity contribution in [2.75, 3.05) is 4.90 Å². The molecule has 61 heavy (non-hydrogen) atoms. The van der Waals surface area contributed by atoms with Crippen LogP contribution in [0.1, 0.15) is 0 Å². The van der Waals surface area contributed by atoms with E-state index in [4.69, 9.17) is 0 Å². The van der Waals surface area contributed by atoms with Crippen LogP contribution >= 0.6 is 0 Å². The summed E-state index contributed by atoms with van der Waals surface area (Å²) in [5.41, 5.74) is 15.3. The average molecular weight is 776 g/mol. The average Bonchev–Trinajstić information content (AvgIpc) is 3.34. The highest BCUT2D eigenvalue weighted by Gasteiger charge is 2.16. The van der Waals surface area contributed by atoms with Crippen molar-refractivity contribution in [1.82, 2.24) is 0 Å². The monoisotopic (exact) mass is 775 g/mol. The van der Waals surface area contributed by atoms with E-state index in [2.05, 4.69) is 254 Å². The van der Waals surface area contributed by atoms with Crippen molar-refractivity contribution in [3.63, 3.8) is 0 Å². The third kappa shape index (κ3) is 7.03. The molecule has 0 radical (unpaired) electrons. The molecule has 0 spiro atoms. The maximum absolute atomic E-state index is 2.37. The largest absolute Gasteiger partial charge is 0.310 e. The van der Waals surface area contributed by atoms with E-state index >= 15 is 0 Å². The first kappa shape index (κ1) is 36.1. The van der Waals surface area contributed by atoms with E-state index in [1.807, 2.05) is 0 Å². The Kier molecular flexibility index (Phi) is 9.26. The van der Waals surface area contributed by atoms with Gasteiger partial charge in [0, 0.05) is 17.1 Å². The van der Waals surface area contributed by atoms with Crippen molar-refractivity contribution in [3.05, 3.63) is 249 Å². The maximum atomic E-state index is 2.37. The first-order chi connectivity index (χ1) is 30.2. The SMILES string of the molecule is c1ccc(-c2cccc(-c3ccc(N(c4ccc(-c5ccc6c(ccc7ccccc76)c5)cc4)c4cccc(-c5cccc(-c6cccc7ccccc67)c5)c4)cc3)c2)cc1. The molecule has 0 fully saturated rings. The molecule has 0 aliphatic carbocycles. The van der Waals surface area contributed by atoms with Crippen LogP contribution in [0, 0.1) is 0 Å². The summed E-state index contributed by atoms with van der Waals surface area (Å²) in [4.78, 5) is 2.37. The molecule has 11 aromatic rings. The second-order valence-electron chi connectivity index (χ2n) is 15.8. The summed E-state index contributed by atoms with van der Waals surface area (Å²) in [6.07, 6.45) is 0. The summed E-state index contributed by atoms with van der Waals surface area (Å²) in [5.74, 6) is 0. The fraction of sp³-hybridized carbons (Fsp3) is 0. The van der Waals surface area contributed by atoms with Crippen LogP contribution in [0.25, 0.3) is 88.0 Å². The number of hydrogen-bond donors (Lipinski definition) is 0. The Bertz CT molecular complexity index is 3340. The Morgan fingerprint density at radius 3 is 1.33 bits per heavy atom. The molecule has 0 saturated heterocycles. The normalized spacial score (nSPS) is 11.3. The van der Waals surface area contributed by atoms with Crippen molar-refractivity contribution in [2.24, 2.45) is 0 Å². The van der Waals surface area contributed by atoms with Gasteiger partial charge in [-0.15, -0.1) is 0 Å². The molecule has 0 heterocycles. The van der Waals surface area contributed by atoms with Gasteiger partial charge in [-0.1, -0.05) is 194 Å². The predicted molar refractivity (Wildman–Crippen MR) is 261 cm³/mol. The summed E-state index contributed by atoms with van der Waals surface area (Å²) in [6.45, 7) is 0. The fourth-order valence-corrected chi connectivity index (χ4v) is 8.92. The molecule has 0 amide bonds. The molecule has 1 nitrogen and oxygen atoms in total. The molecule has 0 unspecified atom stereocenters. The molecule has 1 heteroatoms. The first-order valence-corrected chi connectivity index (χ1v) is 21.0. The van der Waals surface area contributed by atoms with Crippen LogP contribution in [0.4, 0.5) is 17.1 Å². The van der Waals surface area contributed by atoms with Gasteiger partial charge in [-0.25, -0.2) is 0 Å². The molecule has 0 aliphatic rings. The molecule has 286 valence electrons. The molecule has 0 bridgehead atoms. The highest BCUT2D eigenvalue weighted by molar-refractivity contribution is 6.08. The van der Waals surface area contributed by atoms with Gasteiger partial charge in [0.25, 0.3) is 0 Å². The van der Waals surface area contributed by atoms with Crippen LogP contribution in [0.3, 0.4) is 0 Å². The van der Waals surface area contributed by atoms with Gasteiger partial charge < -0.3 is 4.90 Å². The molecule has 0 aliphatic heterocycles. The molecule has 11 rings (SSSR count). The topological polar surface area (TPSA) is 3.24 Å².